The van der Waals surface area contributed by atoms with Crippen LogP contribution in [0.5, 0.6) is 0 Å². The summed E-state index contributed by atoms with van der Waals surface area (Å²) >= 11 is 0. The van der Waals surface area contributed by atoms with Crippen molar-refractivity contribution in [3.63, 3.8) is 0 Å². The molecule has 6 heteroatoms. The van der Waals surface area contributed by atoms with E-state index >= 15 is 0 Å². The topological polar surface area (TPSA) is 90.6 Å². The molecule has 3 rings (SSSR count). The maximum absolute atomic E-state index is 12.5. The number of aromatic nitrogens is 3. The summed E-state index contributed by atoms with van der Waals surface area (Å²) in [5.74, 6) is 0.221. The van der Waals surface area contributed by atoms with Gasteiger partial charge in [-0.25, -0.2) is 4.98 Å². The first-order chi connectivity index (χ1) is 11.3. The monoisotopic (exact) mass is 324 g/mol. The fourth-order valence-electron chi connectivity index (χ4n) is 2.99. The summed E-state index contributed by atoms with van der Waals surface area (Å²) in [6.07, 6.45) is 0. The molecular formula is C18H20N4O2. The van der Waals surface area contributed by atoms with Gasteiger partial charge in [-0.05, 0) is 44.9 Å². The highest BCUT2D eigenvalue weighted by atomic mass is 16.2. The second kappa shape index (κ2) is 5.96. The smallest absolute Gasteiger partial charge is 0.268 e. The molecule has 3 aromatic rings. The van der Waals surface area contributed by atoms with Crippen molar-refractivity contribution in [2.24, 2.45) is 0 Å². The number of H-pyrrole nitrogens is 2. The molecule has 3 N–H and O–H groups in total. The zero-order valence-electron chi connectivity index (χ0n) is 14.2. The predicted molar refractivity (Wildman–Crippen MR) is 93.3 cm³/mol. The molecule has 124 valence electrons. The number of carbonyl (C=O) groups excluding carboxylic acids is 1. The Balaban J connectivity index is 1.87. The van der Waals surface area contributed by atoms with Crippen LogP contribution in [0, 0.1) is 27.7 Å². The van der Waals surface area contributed by atoms with E-state index in [1.165, 1.54) is 6.07 Å². The molecule has 0 bridgehead atoms. The molecule has 0 spiro atoms. The summed E-state index contributed by atoms with van der Waals surface area (Å²) < 4.78 is 0. The van der Waals surface area contributed by atoms with Gasteiger partial charge in [0.15, 0.2) is 0 Å². The van der Waals surface area contributed by atoms with Gasteiger partial charge in [0.2, 0.25) is 0 Å². The zero-order chi connectivity index (χ0) is 17.4. The third-order valence-electron chi connectivity index (χ3n) is 4.07. The number of nitrogens with zero attached hydrogens (tertiary/aromatic N) is 1. The fraction of sp³-hybridized carbons (Fsp3) is 0.278. The number of rotatable bonds is 3. The minimum atomic E-state index is -0.223. The highest BCUT2D eigenvalue weighted by Crippen LogP contribution is 2.25. The Labute approximate surface area is 139 Å². The van der Waals surface area contributed by atoms with Crippen molar-refractivity contribution in [3.05, 3.63) is 62.5 Å². The van der Waals surface area contributed by atoms with Crippen molar-refractivity contribution in [3.8, 4) is 0 Å². The van der Waals surface area contributed by atoms with Gasteiger partial charge in [0, 0.05) is 22.7 Å². The molecular weight excluding hydrogens is 304 g/mol. The van der Waals surface area contributed by atoms with Crippen molar-refractivity contribution < 1.29 is 4.79 Å². The van der Waals surface area contributed by atoms with Crippen molar-refractivity contribution >= 4 is 16.8 Å². The normalized spacial score (nSPS) is 11.0. The number of aryl methyl sites for hydroxylation is 4. The maximum atomic E-state index is 12.5. The number of amides is 1. The van der Waals surface area contributed by atoms with Gasteiger partial charge in [0.1, 0.15) is 11.5 Å². The van der Waals surface area contributed by atoms with E-state index in [1.807, 2.05) is 20.8 Å². The minimum absolute atomic E-state index is 0.169. The molecule has 0 aliphatic heterocycles. The second-order valence-corrected chi connectivity index (χ2v) is 6.15. The highest BCUT2D eigenvalue weighted by molar-refractivity contribution is 6.01. The van der Waals surface area contributed by atoms with Crippen LogP contribution in [0.25, 0.3) is 10.9 Å². The molecule has 2 aromatic heterocycles. The highest BCUT2D eigenvalue weighted by Gasteiger charge is 2.16. The number of fused-ring (bicyclic) bond motifs is 1. The number of carbonyl (C=O) groups is 1. The molecule has 0 aliphatic rings. The van der Waals surface area contributed by atoms with Gasteiger partial charge >= 0.3 is 0 Å². The average Bonchev–Trinajstić information content (AvgIpc) is 2.82. The SMILES string of the molecule is Cc1cc(C)c2[nH]c(C(=O)NCc3nc(C)cc(=O)[nH]3)c(C)c2c1. The summed E-state index contributed by atoms with van der Waals surface area (Å²) in [5.41, 5.74) is 5.10. The van der Waals surface area contributed by atoms with E-state index in [9.17, 15) is 9.59 Å². The Morgan fingerprint density at radius 1 is 1.12 bits per heavy atom. The fourth-order valence-corrected chi connectivity index (χ4v) is 2.99. The molecule has 1 amide bonds. The van der Waals surface area contributed by atoms with Crippen LogP contribution in [-0.4, -0.2) is 20.9 Å². The van der Waals surface area contributed by atoms with E-state index in [0.717, 1.165) is 27.6 Å². The predicted octanol–water partition coefficient (Wildman–Crippen LogP) is 2.41. The van der Waals surface area contributed by atoms with Crippen LogP contribution in [0.1, 0.15) is 38.7 Å². The van der Waals surface area contributed by atoms with Crippen molar-refractivity contribution in [2.75, 3.05) is 0 Å². The van der Waals surface area contributed by atoms with E-state index in [1.54, 1.807) is 6.92 Å². The number of nitrogens with one attached hydrogen (secondary N) is 3. The molecule has 2 heterocycles. The summed E-state index contributed by atoms with van der Waals surface area (Å²) in [4.78, 5) is 34.0. The van der Waals surface area contributed by atoms with Gasteiger partial charge in [-0.15, -0.1) is 0 Å². The van der Waals surface area contributed by atoms with Gasteiger partial charge < -0.3 is 15.3 Å². The first kappa shape index (κ1) is 16.0. The van der Waals surface area contributed by atoms with Gasteiger partial charge in [0.05, 0.1) is 6.54 Å². The van der Waals surface area contributed by atoms with E-state index in [2.05, 4.69) is 32.4 Å². The first-order valence-electron chi connectivity index (χ1n) is 7.79. The number of hydrogen-bond donors (Lipinski definition) is 3. The largest absolute Gasteiger partial charge is 0.350 e. The molecule has 1 aromatic carbocycles. The van der Waals surface area contributed by atoms with E-state index < -0.39 is 0 Å². The summed E-state index contributed by atoms with van der Waals surface area (Å²) in [7, 11) is 0. The lowest BCUT2D eigenvalue weighted by Gasteiger charge is -2.05. The summed E-state index contributed by atoms with van der Waals surface area (Å²) in [5, 5.41) is 3.86. The van der Waals surface area contributed by atoms with Crippen LogP contribution in [-0.2, 0) is 6.54 Å². The van der Waals surface area contributed by atoms with Crippen LogP contribution < -0.4 is 10.9 Å². The zero-order valence-corrected chi connectivity index (χ0v) is 14.2. The summed E-state index contributed by atoms with van der Waals surface area (Å²) in [6, 6.07) is 5.57. The molecule has 6 nitrogen and oxygen atoms in total. The van der Waals surface area contributed by atoms with Crippen molar-refractivity contribution in [1.82, 2.24) is 20.3 Å². The minimum Gasteiger partial charge on any atom is -0.350 e. The first-order valence-corrected chi connectivity index (χ1v) is 7.79. The van der Waals surface area contributed by atoms with Crippen LogP contribution in [0.15, 0.2) is 23.0 Å². The van der Waals surface area contributed by atoms with E-state index in [4.69, 9.17) is 0 Å². The Hall–Kier alpha value is -2.89. The third kappa shape index (κ3) is 2.95. The molecule has 0 atom stereocenters. The second-order valence-electron chi connectivity index (χ2n) is 6.15. The Kier molecular flexibility index (Phi) is 3.97. The van der Waals surface area contributed by atoms with Gasteiger partial charge in [-0.3, -0.25) is 9.59 Å². The number of benzene rings is 1. The van der Waals surface area contributed by atoms with Crippen LogP contribution in [0.3, 0.4) is 0 Å². The molecule has 24 heavy (non-hydrogen) atoms. The molecule has 0 aliphatic carbocycles. The van der Waals surface area contributed by atoms with Gasteiger partial charge in [-0.1, -0.05) is 11.6 Å². The van der Waals surface area contributed by atoms with E-state index in [0.29, 0.717) is 17.2 Å². The lowest BCUT2D eigenvalue weighted by molar-refractivity contribution is 0.0945. The van der Waals surface area contributed by atoms with Crippen molar-refractivity contribution in [2.45, 2.75) is 34.2 Å². The molecule has 0 saturated heterocycles. The standard InChI is InChI=1S/C18H20N4O2/c1-9-5-10(2)16-13(6-9)12(4)17(22-16)18(24)19-8-14-20-11(3)7-15(23)21-14/h5-7,22H,8H2,1-4H3,(H,19,24)(H,20,21,23). The van der Waals surface area contributed by atoms with Crippen LogP contribution >= 0.6 is 0 Å². The van der Waals surface area contributed by atoms with Gasteiger partial charge in [0.25, 0.3) is 11.5 Å². The Morgan fingerprint density at radius 2 is 1.88 bits per heavy atom. The van der Waals surface area contributed by atoms with Crippen molar-refractivity contribution in [1.29, 1.82) is 0 Å². The van der Waals surface area contributed by atoms with E-state index in [-0.39, 0.29) is 18.0 Å². The van der Waals surface area contributed by atoms with Crippen LogP contribution in [0.4, 0.5) is 0 Å². The lowest BCUT2D eigenvalue weighted by atomic mass is 10.1. The quantitative estimate of drug-likeness (QED) is 0.691. The Bertz CT molecular complexity index is 998. The lowest BCUT2D eigenvalue weighted by Crippen LogP contribution is -2.26. The molecule has 0 fully saturated rings. The summed E-state index contributed by atoms with van der Waals surface area (Å²) in [6.45, 7) is 7.90. The number of hydrogen-bond acceptors (Lipinski definition) is 3. The maximum Gasteiger partial charge on any atom is 0.268 e. The molecule has 0 saturated carbocycles. The third-order valence-corrected chi connectivity index (χ3v) is 4.07. The van der Waals surface area contributed by atoms with Crippen LogP contribution in [0.2, 0.25) is 0 Å². The Morgan fingerprint density at radius 3 is 2.58 bits per heavy atom. The molecule has 0 unspecified atom stereocenters. The van der Waals surface area contributed by atoms with Gasteiger partial charge in [-0.2, -0.15) is 0 Å². The number of aromatic amines is 2. The molecule has 0 radical (unpaired) electrons. The average molecular weight is 324 g/mol.